The minimum Gasteiger partial charge on any atom is -0.492 e. The fourth-order valence-electron chi connectivity index (χ4n) is 1.59. The molecule has 0 aromatic carbocycles. The molecule has 4 heteroatoms. The number of hydrogen-bond acceptors (Lipinski definition) is 4. The summed E-state index contributed by atoms with van der Waals surface area (Å²) in [5, 5.41) is 3.44. The van der Waals surface area contributed by atoms with Gasteiger partial charge in [-0.2, -0.15) is 0 Å². The Hall–Kier alpha value is -1.13. The van der Waals surface area contributed by atoms with Crippen LogP contribution in [0.1, 0.15) is 38.6 Å². The first kappa shape index (κ1) is 15.9. The standard InChI is InChI=1S/C15H26N2O2/c1-12-7-8-14(19-10-6-9-18-5)13(17-12)11-16-15(2,3)4/h7-8,16H,6,9-11H2,1-5H3. The minimum absolute atomic E-state index is 0.0682. The molecule has 0 spiro atoms. The summed E-state index contributed by atoms with van der Waals surface area (Å²) in [5.41, 5.74) is 2.04. The highest BCUT2D eigenvalue weighted by molar-refractivity contribution is 5.29. The Balaban J connectivity index is 2.63. The zero-order chi connectivity index (χ0) is 14.3. The van der Waals surface area contributed by atoms with Crippen molar-refractivity contribution in [3.8, 4) is 5.75 Å². The topological polar surface area (TPSA) is 43.4 Å². The molecule has 1 N–H and O–H groups in total. The van der Waals surface area contributed by atoms with Crippen molar-refractivity contribution >= 4 is 0 Å². The number of methoxy groups -OCH3 is 1. The number of hydrogen-bond donors (Lipinski definition) is 1. The van der Waals surface area contributed by atoms with Crippen LogP contribution in [0.3, 0.4) is 0 Å². The van der Waals surface area contributed by atoms with Gasteiger partial charge in [-0.25, -0.2) is 0 Å². The second kappa shape index (κ2) is 7.46. The number of nitrogens with zero attached hydrogens (tertiary/aromatic N) is 1. The first-order chi connectivity index (χ1) is 8.92. The van der Waals surface area contributed by atoms with Crippen LogP contribution in [0, 0.1) is 6.92 Å². The van der Waals surface area contributed by atoms with Crippen LogP contribution in [0.15, 0.2) is 12.1 Å². The summed E-state index contributed by atoms with van der Waals surface area (Å²) in [6, 6.07) is 3.97. The van der Waals surface area contributed by atoms with Crippen molar-refractivity contribution in [2.24, 2.45) is 0 Å². The number of aryl methyl sites for hydroxylation is 1. The van der Waals surface area contributed by atoms with Gasteiger partial charge in [0.15, 0.2) is 0 Å². The van der Waals surface area contributed by atoms with Gasteiger partial charge in [-0.3, -0.25) is 4.98 Å². The summed E-state index contributed by atoms with van der Waals surface area (Å²) < 4.78 is 10.8. The third kappa shape index (κ3) is 6.55. The molecule has 1 aromatic rings. The zero-order valence-electron chi connectivity index (χ0n) is 12.7. The van der Waals surface area contributed by atoms with Crippen LogP contribution in [-0.2, 0) is 11.3 Å². The lowest BCUT2D eigenvalue weighted by Crippen LogP contribution is -2.35. The van der Waals surface area contributed by atoms with Crippen LogP contribution in [0.5, 0.6) is 5.75 Å². The maximum absolute atomic E-state index is 5.78. The second-order valence-corrected chi connectivity index (χ2v) is 5.70. The van der Waals surface area contributed by atoms with E-state index in [0.717, 1.165) is 30.2 Å². The predicted molar refractivity (Wildman–Crippen MR) is 77.6 cm³/mol. The average molecular weight is 266 g/mol. The van der Waals surface area contributed by atoms with E-state index >= 15 is 0 Å². The number of rotatable bonds is 7. The maximum Gasteiger partial charge on any atom is 0.142 e. The molecule has 0 aliphatic rings. The highest BCUT2D eigenvalue weighted by Gasteiger charge is 2.12. The van der Waals surface area contributed by atoms with Crippen LogP contribution in [-0.4, -0.2) is 30.8 Å². The lowest BCUT2D eigenvalue weighted by molar-refractivity contribution is 0.171. The van der Waals surface area contributed by atoms with Gasteiger partial charge in [-0.1, -0.05) is 0 Å². The molecule has 0 saturated heterocycles. The molecule has 0 atom stereocenters. The number of aromatic nitrogens is 1. The minimum atomic E-state index is 0.0682. The number of nitrogens with one attached hydrogen (secondary N) is 1. The molecule has 0 unspecified atom stereocenters. The molecule has 1 aromatic heterocycles. The highest BCUT2D eigenvalue weighted by atomic mass is 16.5. The molecule has 1 heterocycles. The molecule has 0 radical (unpaired) electrons. The van der Waals surface area contributed by atoms with Crippen LogP contribution < -0.4 is 10.1 Å². The monoisotopic (exact) mass is 266 g/mol. The molecular formula is C15H26N2O2. The molecule has 108 valence electrons. The zero-order valence-corrected chi connectivity index (χ0v) is 12.7. The Morgan fingerprint density at radius 3 is 2.58 bits per heavy atom. The Kier molecular flexibility index (Phi) is 6.25. The van der Waals surface area contributed by atoms with Gasteiger partial charge in [-0.05, 0) is 39.8 Å². The van der Waals surface area contributed by atoms with Gasteiger partial charge in [0.2, 0.25) is 0 Å². The lowest BCUT2D eigenvalue weighted by Gasteiger charge is -2.21. The molecule has 4 nitrogen and oxygen atoms in total. The third-order valence-corrected chi connectivity index (χ3v) is 2.61. The maximum atomic E-state index is 5.78. The number of pyridine rings is 1. The predicted octanol–water partition coefficient (Wildman–Crippen LogP) is 2.69. The van der Waals surface area contributed by atoms with E-state index in [1.807, 2.05) is 19.1 Å². The van der Waals surface area contributed by atoms with E-state index in [1.165, 1.54) is 0 Å². The van der Waals surface area contributed by atoms with Gasteiger partial charge in [-0.15, -0.1) is 0 Å². The van der Waals surface area contributed by atoms with E-state index in [0.29, 0.717) is 13.2 Å². The van der Waals surface area contributed by atoms with Gasteiger partial charge in [0.1, 0.15) is 5.75 Å². The molecule has 0 saturated carbocycles. The van der Waals surface area contributed by atoms with Crippen LogP contribution in [0.4, 0.5) is 0 Å². The Bertz CT molecular complexity index is 386. The lowest BCUT2D eigenvalue weighted by atomic mass is 10.1. The molecule has 0 amide bonds. The molecule has 0 fully saturated rings. The van der Waals surface area contributed by atoms with E-state index < -0.39 is 0 Å². The van der Waals surface area contributed by atoms with E-state index in [9.17, 15) is 0 Å². The van der Waals surface area contributed by atoms with Crippen molar-refractivity contribution in [3.63, 3.8) is 0 Å². The van der Waals surface area contributed by atoms with Crippen molar-refractivity contribution in [1.29, 1.82) is 0 Å². The normalized spacial score (nSPS) is 11.6. The van der Waals surface area contributed by atoms with E-state index in [4.69, 9.17) is 9.47 Å². The van der Waals surface area contributed by atoms with E-state index in [1.54, 1.807) is 7.11 Å². The van der Waals surface area contributed by atoms with Crippen molar-refractivity contribution in [2.45, 2.75) is 46.2 Å². The van der Waals surface area contributed by atoms with Crippen LogP contribution in [0.2, 0.25) is 0 Å². The largest absolute Gasteiger partial charge is 0.492 e. The Morgan fingerprint density at radius 1 is 1.21 bits per heavy atom. The van der Waals surface area contributed by atoms with Crippen molar-refractivity contribution in [1.82, 2.24) is 10.3 Å². The van der Waals surface area contributed by atoms with Gasteiger partial charge < -0.3 is 14.8 Å². The summed E-state index contributed by atoms with van der Waals surface area (Å²) in [6.45, 7) is 10.5. The second-order valence-electron chi connectivity index (χ2n) is 5.70. The van der Waals surface area contributed by atoms with Crippen molar-refractivity contribution in [3.05, 3.63) is 23.5 Å². The fourth-order valence-corrected chi connectivity index (χ4v) is 1.59. The summed E-state index contributed by atoms with van der Waals surface area (Å²) >= 11 is 0. The summed E-state index contributed by atoms with van der Waals surface area (Å²) in [6.07, 6.45) is 0.885. The highest BCUT2D eigenvalue weighted by Crippen LogP contribution is 2.18. The summed E-state index contributed by atoms with van der Waals surface area (Å²) in [5.74, 6) is 0.860. The first-order valence-corrected chi connectivity index (χ1v) is 6.75. The third-order valence-electron chi connectivity index (χ3n) is 2.61. The van der Waals surface area contributed by atoms with Crippen molar-refractivity contribution < 1.29 is 9.47 Å². The first-order valence-electron chi connectivity index (χ1n) is 6.75. The van der Waals surface area contributed by atoms with Crippen LogP contribution in [0.25, 0.3) is 0 Å². The number of ether oxygens (including phenoxy) is 2. The van der Waals surface area contributed by atoms with Gasteiger partial charge in [0.25, 0.3) is 0 Å². The summed E-state index contributed by atoms with van der Waals surface area (Å²) in [4.78, 5) is 4.56. The van der Waals surface area contributed by atoms with E-state index in [2.05, 4.69) is 31.1 Å². The molecule has 0 bridgehead atoms. The SMILES string of the molecule is COCCCOc1ccc(C)nc1CNC(C)(C)C. The molecule has 19 heavy (non-hydrogen) atoms. The Labute approximate surface area is 116 Å². The molecule has 0 aliphatic carbocycles. The quantitative estimate of drug-likeness (QED) is 0.771. The molecule has 1 rings (SSSR count). The van der Waals surface area contributed by atoms with E-state index in [-0.39, 0.29) is 5.54 Å². The molecular weight excluding hydrogens is 240 g/mol. The fraction of sp³-hybridized carbons (Fsp3) is 0.667. The van der Waals surface area contributed by atoms with Crippen molar-refractivity contribution in [2.75, 3.05) is 20.3 Å². The summed E-state index contributed by atoms with van der Waals surface area (Å²) in [7, 11) is 1.70. The van der Waals surface area contributed by atoms with Gasteiger partial charge >= 0.3 is 0 Å². The average Bonchev–Trinajstić information content (AvgIpc) is 2.33. The Morgan fingerprint density at radius 2 is 1.95 bits per heavy atom. The van der Waals surface area contributed by atoms with Crippen LogP contribution >= 0.6 is 0 Å². The van der Waals surface area contributed by atoms with Gasteiger partial charge in [0, 0.05) is 37.9 Å². The smallest absolute Gasteiger partial charge is 0.142 e. The molecule has 0 aliphatic heterocycles. The van der Waals surface area contributed by atoms with Gasteiger partial charge in [0.05, 0.1) is 12.3 Å².